The minimum absolute atomic E-state index is 0.0922. The van der Waals surface area contributed by atoms with Gasteiger partial charge in [0.25, 0.3) is 0 Å². The van der Waals surface area contributed by atoms with Crippen LogP contribution in [0, 0.1) is 0 Å². The Labute approximate surface area is 140 Å². The zero-order valence-corrected chi connectivity index (χ0v) is 13.6. The Kier molecular flexibility index (Phi) is 4.84. The van der Waals surface area contributed by atoms with Crippen LogP contribution in [0.2, 0.25) is 0 Å². The van der Waals surface area contributed by atoms with E-state index in [4.69, 9.17) is 0 Å². The molecule has 2 amide bonds. The number of carbonyl (C=O) groups is 2. The predicted octanol–water partition coefficient (Wildman–Crippen LogP) is 1.77. The number of likely N-dealkylation sites (tertiary alicyclic amines) is 1. The van der Waals surface area contributed by atoms with Gasteiger partial charge in [-0.2, -0.15) is 0 Å². The summed E-state index contributed by atoms with van der Waals surface area (Å²) in [4.78, 5) is 33.9. The van der Waals surface area contributed by atoms with Crippen molar-refractivity contribution in [1.82, 2.24) is 20.2 Å². The highest BCUT2D eigenvalue weighted by atomic mass is 16.2. The van der Waals surface area contributed by atoms with Crippen molar-refractivity contribution in [1.29, 1.82) is 0 Å². The van der Waals surface area contributed by atoms with E-state index >= 15 is 0 Å². The number of nitrogens with zero attached hydrogens (tertiary/aromatic N) is 3. The van der Waals surface area contributed by atoms with Gasteiger partial charge < -0.3 is 10.2 Å². The van der Waals surface area contributed by atoms with E-state index in [0.29, 0.717) is 18.8 Å². The molecule has 3 rings (SSSR count). The highest BCUT2D eigenvalue weighted by Crippen LogP contribution is 2.11. The molecule has 2 heterocycles. The Bertz CT molecular complexity index is 779. The first-order valence-corrected chi connectivity index (χ1v) is 8.08. The quantitative estimate of drug-likeness (QED) is 0.873. The predicted molar refractivity (Wildman–Crippen MR) is 92.0 cm³/mol. The summed E-state index contributed by atoms with van der Waals surface area (Å²) in [5.41, 5.74) is 2.28. The maximum atomic E-state index is 12.0. The van der Waals surface area contributed by atoms with Gasteiger partial charge >= 0.3 is 0 Å². The van der Waals surface area contributed by atoms with Crippen LogP contribution >= 0.6 is 0 Å². The van der Waals surface area contributed by atoms with Gasteiger partial charge in [0.2, 0.25) is 11.8 Å². The van der Waals surface area contributed by atoms with Crippen LogP contribution in [0.15, 0.2) is 36.5 Å². The molecule has 124 valence electrons. The summed E-state index contributed by atoms with van der Waals surface area (Å²) < 4.78 is 0. The van der Waals surface area contributed by atoms with Crippen LogP contribution in [0.1, 0.15) is 25.5 Å². The number of aromatic nitrogens is 2. The maximum absolute atomic E-state index is 12.0. The highest BCUT2D eigenvalue weighted by molar-refractivity contribution is 5.91. The summed E-state index contributed by atoms with van der Waals surface area (Å²) in [7, 11) is 0. The molecule has 1 aromatic carbocycles. The number of hydrogen-bond donors (Lipinski definition) is 1. The molecule has 2 aromatic rings. The molecule has 1 aliphatic rings. The van der Waals surface area contributed by atoms with Gasteiger partial charge in [-0.15, -0.1) is 0 Å². The van der Waals surface area contributed by atoms with E-state index < -0.39 is 0 Å². The van der Waals surface area contributed by atoms with Crippen molar-refractivity contribution in [2.45, 2.75) is 25.8 Å². The van der Waals surface area contributed by atoms with Crippen molar-refractivity contribution in [2.24, 2.45) is 0 Å². The molecular formula is C18H20N4O2. The molecule has 0 saturated carbocycles. The Balaban J connectivity index is 1.56. The van der Waals surface area contributed by atoms with Crippen LogP contribution in [0.25, 0.3) is 17.1 Å². The summed E-state index contributed by atoms with van der Waals surface area (Å²) in [5.74, 6) is -0.0548. The second-order valence-electron chi connectivity index (χ2n) is 5.91. The summed E-state index contributed by atoms with van der Waals surface area (Å²) in [6.45, 7) is 2.96. The van der Waals surface area contributed by atoms with E-state index in [-0.39, 0.29) is 17.9 Å². The summed E-state index contributed by atoms with van der Waals surface area (Å²) >= 11 is 0. The van der Waals surface area contributed by atoms with Crippen LogP contribution in [-0.2, 0) is 9.59 Å². The molecule has 0 atom stereocenters. The highest BCUT2D eigenvalue weighted by Gasteiger charge is 2.21. The number of amides is 2. The van der Waals surface area contributed by atoms with Crippen LogP contribution in [-0.4, -0.2) is 45.8 Å². The summed E-state index contributed by atoms with van der Waals surface area (Å²) in [6, 6.07) is 7.72. The Morgan fingerprint density at radius 2 is 1.92 bits per heavy atom. The number of nitrogens with one attached hydrogen (secondary N) is 1. The van der Waals surface area contributed by atoms with E-state index in [0.717, 1.165) is 23.9 Å². The largest absolute Gasteiger partial charge is 0.350 e. The molecule has 1 aromatic heterocycles. The fraction of sp³-hybridized carbons (Fsp3) is 0.333. The molecule has 6 nitrogen and oxygen atoms in total. The summed E-state index contributed by atoms with van der Waals surface area (Å²) in [5, 5.41) is 2.97. The fourth-order valence-corrected chi connectivity index (χ4v) is 2.80. The molecular weight excluding hydrogens is 304 g/mol. The van der Waals surface area contributed by atoms with Gasteiger partial charge in [-0.3, -0.25) is 14.6 Å². The van der Waals surface area contributed by atoms with Gasteiger partial charge in [0.15, 0.2) is 0 Å². The zero-order valence-electron chi connectivity index (χ0n) is 13.6. The molecule has 1 N–H and O–H groups in total. The topological polar surface area (TPSA) is 75.2 Å². The first-order valence-electron chi connectivity index (χ1n) is 8.08. The van der Waals surface area contributed by atoms with Crippen LogP contribution in [0.4, 0.5) is 0 Å². The molecule has 6 heteroatoms. The number of hydrogen-bond acceptors (Lipinski definition) is 4. The van der Waals surface area contributed by atoms with Crippen molar-refractivity contribution in [2.75, 3.05) is 13.1 Å². The van der Waals surface area contributed by atoms with Gasteiger partial charge in [0.05, 0.1) is 22.9 Å². The third-order valence-electron chi connectivity index (χ3n) is 4.16. The second kappa shape index (κ2) is 7.21. The monoisotopic (exact) mass is 324 g/mol. The van der Waals surface area contributed by atoms with Gasteiger partial charge in [-0.05, 0) is 31.1 Å². The van der Waals surface area contributed by atoms with Crippen molar-refractivity contribution in [3.05, 3.63) is 42.2 Å². The third-order valence-corrected chi connectivity index (χ3v) is 4.16. The first kappa shape index (κ1) is 16.1. The van der Waals surface area contributed by atoms with Gasteiger partial charge in [0, 0.05) is 32.1 Å². The Morgan fingerprint density at radius 1 is 1.21 bits per heavy atom. The number of carbonyl (C=O) groups excluding carboxylic acids is 2. The molecule has 0 radical (unpaired) electrons. The number of rotatable bonds is 3. The smallest absolute Gasteiger partial charge is 0.244 e. The minimum Gasteiger partial charge on any atom is -0.350 e. The Morgan fingerprint density at radius 3 is 2.62 bits per heavy atom. The summed E-state index contributed by atoms with van der Waals surface area (Å²) in [6.07, 6.45) is 6.37. The molecule has 24 heavy (non-hydrogen) atoms. The third kappa shape index (κ3) is 3.95. The minimum atomic E-state index is -0.147. The van der Waals surface area contributed by atoms with Crippen molar-refractivity contribution >= 4 is 28.9 Å². The van der Waals surface area contributed by atoms with Crippen LogP contribution in [0.5, 0.6) is 0 Å². The lowest BCUT2D eigenvalue weighted by Crippen LogP contribution is -2.45. The number of benzene rings is 1. The molecule has 1 aliphatic heterocycles. The van der Waals surface area contributed by atoms with E-state index in [1.165, 1.54) is 6.08 Å². The molecule has 0 spiro atoms. The van der Waals surface area contributed by atoms with Crippen molar-refractivity contribution in [3.63, 3.8) is 0 Å². The number of para-hydroxylation sites is 2. The lowest BCUT2D eigenvalue weighted by atomic mass is 10.1. The van der Waals surface area contributed by atoms with E-state index in [1.54, 1.807) is 19.2 Å². The zero-order chi connectivity index (χ0) is 16.9. The normalized spacial score (nSPS) is 15.8. The van der Waals surface area contributed by atoms with Crippen molar-refractivity contribution < 1.29 is 9.59 Å². The molecule has 0 bridgehead atoms. The first-order chi connectivity index (χ1) is 11.6. The number of fused-ring (bicyclic) bond motifs is 1. The van der Waals surface area contributed by atoms with Crippen LogP contribution < -0.4 is 5.32 Å². The molecule has 0 unspecified atom stereocenters. The second-order valence-corrected chi connectivity index (χ2v) is 5.91. The molecule has 0 aliphatic carbocycles. The lowest BCUT2D eigenvalue weighted by Gasteiger charge is -2.31. The SMILES string of the molecule is CC(=O)N1CCC(NC(=O)C=Cc2cnc3ccccc3n2)CC1. The van der Waals surface area contributed by atoms with Gasteiger partial charge in [-0.1, -0.05) is 12.1 Å². The van der Waals surface area contributed by atoms with Gasteiger partial charge in [-0.25, -0.2) is 4.98 Å². The average molecular weight is 324 g/mol. The van der Waals surface area contributed by atoms with E-state index in [2.05, 4.69) is 15.3 Å². The Hall–Kier alpha value is -2.76. The van der Waals surface area contributed by atoms with E-state index in [9.17, 15) is 9.59 Å². The average Bonchev–Trinajstić information content (AvgIpc) is 2.60. The maximum Gasteiger partial charge on any atom is 0.244 e. The van der Waals surface area contributed by atoms with Gasteiger partial charge in [0.1, 0.15) is 0 Å². The number of piperidine rings is 1. The fourth-order valence-electron chi connectivity index (χ4n) is 2.80. The standard InChI is InChI=1S/C18H20N4O2/c1-13(23)22-10-8-14(9-11-22)21-18(24)7-6-15-12-19-16-4-2-3-5-17(16)20-15/h2-7,12,14H,8-11H2,1H3,(H,21,24). The van der Waals surface area contributed by atoms with Crippen molar-refractivity contribution in [3.8, 4) is 0 Å². The molecule has 1 saturated heterocycles. The van der Waals surface area contributed by atoms with Crippen LogP contribution in [0.3, 0.4) is 0 Å². The lowest BCUT2D eigenvalue weighted by molar-refractivity contribution is -0.129. The van der Waals surface area contributed by atoms with E-state index in [1.807, 2.05) is 29.2 Å². The molecule has 1 fully saturated rings.